The number of benzene rings is 1. The summed E-state index contributed by atoms with van der Waals surface area (Å²) in [5, 5.41) is 3.32. The molecule has 0 radical (unpaired) electrons. The smallest absolute Gasteiger partial charge is 0.128 e. The fraction of sp³-hybridized carbons (Fsp3) is 0.500. The maximum absolute atomic E-state index is 13.4. The summed E-state index contributed by atoms with van der Waals surface area (Å²) in [4.78, 5) is 2.25. The third kappa shape index (κ3) is 2.12. The van der Waals surface area contributed by atoms with Crippen molar-refractivity contribution in [2.45, 2.75) is 19.9 Å². The Kier molecular flexibility index (Phi) is 2.91. The number of aryl methyl sites for hydroxylation is 1. The molecule has 2 nitrogen and oxygen atoms in total. The van der Waals surface area contributed by atoms with Crippen molar-refractivity contribution in [3.63, 3.8) is 0 Å². The van der Waals surface area contributed by atoms with Gasteiger partial charge >= 0.3 is 0 Å². The first-order valence-corrected chi connectivity index (χ1v) is 5.42. The fourth-order valence-corrected chi connectivity index (χ4v) is 1.99. The number of rotatable bonds is 1. The second-order valence-electron chi connectivity index (χ2n) is 4.18. The Balaban J connectivity index is 2.24. The van der Waals surface area contributed by atoms with Gasteiger partial charge in [0.05, 0.1) is 0 Å². The Bertz CT molecular complexity index is 351. The minimum atomic E-state index is -0.113. The predicted octanol–water partition coefficient (Wildman–Crippen LogP) is 1.93. The SMILES string of the molecule is Cc1ccc(N2CCNCC2C)cc1F. The van der Waals surface area contributed by atoms with Crippen LogP contribution in [0.4, 0.5) is 10.1 Å². The molecular formula is C12H17FN2. The van der Waals surface area contributed by atoms with E-state index in [1.165, 1.54) is 0 Å². The molecule has 3 heteroatoms. The number of piperazine rings is 1. The first-order valence-electron chi connectivity index (χ1n) is 5.42. The van der Waals surface area contributed by atoms with Crippen LogP contribution in [0.5, 0.6) is 0 Å². The lowest BCUT2D eigenvalue weighted by atomic mass is 10.1. The van der Waals surface area contributed by atoms with E-state index in [1.807, 2.05) is 12.1 Å². The average Bonchev–Trinajstić information content (AvgIpc) is 2.23. The average molecular weight is 208 g/mol. The minimum absolute atomic E-state index is 0.113. The number of nitrogens with one attached hydrogen (secondary N) is 1. The van der Waals surface area contributed by atoms with E-state index < -0.39 is 0 Å². The van der Waals surface area contributed by atoms with E-state index in [-0.39, 0.29) is 5.82 Å². The molecule has 0 saturated carbocycles. The molecule has 1 aromatic rings. The van der Waals surface area contributed by atoms with Gasteiger partial charge in [0, 0.05) is 31.4 Å². The van der Waals surface area contributed by atoms with Crippen LogP contribution in [0.25, 0.3) is 0 Å². The molecule has 82 valence electrons. The summed E-state index contributed by atoms with van der Waals surface area (Å²) in [6.45, 7) is 6.84. The Labute approximate surface area is 90.1 Å². The van der Waals surface area contributed by atoms with Gasteiger partial charge in [0.1, 0.15) is 5.82 Å². The van der Waals surface area contributed by atoms with Crippen LogP contribution in [-0.4, -0.2) is 25.7 Å². The fourth-order valence-electron chi connectivity index (χ4n) is 1.99. The number of nitrogens with zero attached hydrogens (tertiary/aromatic N) is 1. The zero-order valence-corrected chi connectivity index (χ0v) is 9.26. The molecule has 1 N–H and O–H groups in total. The van der Waals surface area contributed by atoms with Crippen LogP contribution in [0.3, 0.4) is 0 Å². The zero-order valence-electron chi connectivity index (χ0n) is 9.26. The maximum Gasteiger partial charge on any atom is 0.128 e. The van der Waals surface area contributed by atoms with Crippen LogP contribution in [0, 0.1) is 12.7 Å². The predicted molar refractivity (Wildman–Crippen MR) is 60.8 cm³/mol. The summed E-state index contributed by atoms with van der Waals surface area (Å²) in [5.41, 5.74) is 1.70. The molecule has 1 fully saturated rings. The summed E-state index contributed by atoms with van der Waals surface area (Å²) in [6.07, 6.45) is 0. The van der Waals surface area contributed by atoms with E-state index in [4.69, 9.17) is 0 Å². The Morgan fingerprint density at radius 2 is 2.27 bits per heavy atom. The standard InChI is InChI=1S/C12H17FN2/c1-9-3-4-11(7-12(9)13)15-6-5-14-8-10(15)2/h3-4,7,10,14H,5-6,8H2,1-2H3. The summed E-state index contributed by atoms with van der Waals surface area (Å²) in [6, 6.07) is 5.91. The van der Waals surface area contributed by atoms with Crippen LogP contribution in [0.15, 0.2) is 18.2 Å². The van der Waals surface area contributed by atoms with Crippen LogP contribution in [0.1, 0.15) is 12.5 Å². The quantitative estimate of drug-likeness (QED) is 0.758. The Morgan fingerprint density at radius 1 is 1.47 bits per heavy atom. The van der Waals surface area contributed by atoms with Crippen molar-refractivity contribution >= 4 is 5.69 Å². The molecule has 0 aliphatic carbocycles. The van der Waals surface area contributed by atoms with E-state index in [0.29, 0.717) is 11.6 Å². The lowest BCUT2D eigenvalue weighted by Gasteiger charge is -2.36. The molecule has 1 saturated heterocycles. The van der Waals surface area contributed by atoms with Crippen LogP contribution < -0.4 is 10.2 Å². The molecule has 1 aliphatic rings. The molecule has 1 atom stereocenters. The van der Waals surface area contributed by atoms with Crippen molar-refractivity contribution in [1.82, 2.24) is 5.32 Å². The molecule has 15 heavy (non-hydrogen) atoms. The van der Waals surface area contributed by atoms with E-state index in [9.17, 15) is 4.39 Å². The van der Waals surface area contributed by atoms with Crippen molar-refractivity contribution < 1.29 is 4.39 Å². The lowest BCUT2D eigenvalue weighted by molar-refractivity contribution is 0.499. The molecule has 0 spiro atoms. The topological polar surface area (TPSA) is 15.3 Å². The van der Waals surface area contributed by atoms with E-state index in [0.717, 1.165) is 25.3 Å². The number of anilines is 1. The summed E-state index contributed by atoms with van der Waals surface area (Å²) in [7, 11) is 0. The van der Waals surface area contributed by atoms with Crippen molar-refractivity contribution in [3.05, 3.63) is 29.6 Å². The number of halogens is 1. The molecule has 1 aliphatic heterocycles. The van der Waals surface area contributed by atoms with Crippen molar-refractivity contribution in [1.29, 1.82) is 0 Å². The summed E-state index contributed by atoms with van der Waals surface area (Å²) in [5.74, 6) is -0.113. The first kappa shape index (κ1) is 10.4. The van der Waals surface area contributed by atoms with Gasteiger partial charge in [-0.05, 0) is 31.5 Å². The molecular weight excluding hydrogens is 191 g/mol. The van der Waals surface area contributed by atoms with Gasteiger partial charge in [-0.15, -0.1) is 0 Å². The van der Waals surface area contributed by atoms with Gasteiger partial charge in [-0.3, -0.25) is 0 Å². The van der Waals surface area contributed by atoms with Gasteiger partial charge in [-0.2, -0.15) is 0 Å². The van der Waals surface area contributed by atoms with Crippen LogP contribution in [-0.2, 0) is 0 Å². The second kappa shape index (κ2) is 4.19. The molecule has 0 amide bonds. The second-order valence-corrected chi connectivity index (χ2v) is 4.18. The van der Waals surface area contributed by atoms with Crippen molar-refractivity contribution in [2.75, 3.05) is 24.5 Å². The van der Waals surface area contributed by atoms with Crippen molar-refractivity contribution in [3.8, 4) is 0 Å². The third-order valence-electron chi connectivity index (χ3n) is 2.99. The molecule has 0 aromatic heterocycles. The van der Waals surface area contributed by atoms with E-state index in [1.54, 1.807) is 13.0 Å². The largest absolute Gasteiger partial charge is 0.366 e. The minimum Gasteiger partial charge on any atom is -0.366 e. The van der Waals surface area contributed by atoms with Gasteiger partial charge in [0.25, 0.3) is 0 Å². The van der Waals surface area contributed by atoms with E-state index >= 15 is 0 Å². The highest BCUT2D eigenvalue weighted by Crippen LogP contribution is 2.21. The first-order chi connectivity index (χ1) is 7.18. The van der Waals surface area contributed by atoms with Gasteiger partial charge in [-0.1, -0.05) is 6.07 Å². The maximum atomic E-state index is 13.4. The Morgan fingerprint density at radius 3 is 2.93 bits per heavy atom. The van der Waals surface area contributed by atoms with Crippen LogP contribution >= 0.6 is 0 Å². The molecule has 1 unspecified atom stereocenters. The normalized spacial score (nSPS) is 21.8. The highest BCUT2D eigenvalue weighted by molar-refractivity contribution is 5.49. The summed E-state index contributed by atoms with van der Waals surface area (Å²) >= 11 is 0. The Hall–Kier alpha value is -1.09. The third-order valence-corrected chi connectivity index (χ3v) is 2.99. The number of hydrogen-bond donors (Lipinski definition) is 1. The molecule has 0 bridgehead atoms. The monoisotopic (exact) mass is 208 g/mol. The van der Waals surface area contributed by atoms with Crippen LogP contribution in [0.2, 0.25) is 0 Å². The van der Waals surface area contributed by atoms with Gasteiger partial charge in [0.15, 0.2) is 0 Å². The summed E-state index contributed by atoms with van der Waals surface area (Å²) < 4.78 is 13.4. The number of hydrogen-bond acceptors (Lipinski definition) is 2. The van der Waals surface area contributed by atoms with Gasteiger partial charge in [-0.25, -0.2) is 4.39 Å². The molecule has 1 heterocycles. The molecule has 2 rings (SSSR count). The van der Waals surface area contributed by atoms with Gasteiger partial charge in [0.2, 0.25) is 0 Å². The lowest BCUT2D eigenvalue weighted by Crippen LogP contribution is -2.49. The van der Waals surface area contributed by atoms with Gasteiger partial charge < -0.3 is 10.2 Å². The van der Waals surface area contributed by atoms with E-state index in [2.05, 4.69) is 17.1 Å². The van der Waals surface area contributed by atoms with Crippen molar-refractivity contribution in [2.24, 2.45) is 0 Å². The highest BCUT2D eigenvalue weighted by atomic mass is 19.1. The highest BCUT2D eigenvalue weighted by Gasteiger charge is 2.18. The molecule has 1 aromatic carbocycles. The zero-order chi connectivity index (χ0) is 10.8.